The highest BCUT2D eigenvalue weighted by atomic mass is 16.7. The fourth-order valence-corrected chi connectivity index (χ4v) is 4.63. The second-order valence-electron chi connectivity index (χ2n) is 7.28. The number of hydrogen-bond acceptors (Lipinski definition) is 6. The summed E-state index contributed by atoms with van der Waals surface area (Å²) in [7, 11) is 0. The monoisotopic (exact) mass is 294 g/mol. The van der Waals surface area contributed by atoms with Gasteiger partial charge in [-0.1, -0.05) is 6.92 Å². The summed E-state index contributed by atoms with van der Waals surface area (Å²) in [5, 5.41) is 0. The van der Waals surface area contributed by atoms with Crippen LogP contribution < -0.4 is 0 Å². The molecule has 114 valence electrons. The molecule has 0 radical (unpaired) electrons. The molecule has 6 heteroatoms. The van der Waals surface area contributed by atoms with Gasteiger partial charge < -0.3 is 18.9 Å². The van der Waals surface area contributed by atoms with E-state index in [4.69, 9.17) is 18.9 Å². The Morgan fingerprint density at radius 3 is 2.67 bits per heavy atom. The van der Waals surface area contributed by atoms with Crippen LogP contribution in [0.5, 0.6) is 0 Å². The van der Waals surface area contributed by atoms with Gasteiger partial charge >= 0.3 is 11.9 Å². The summed E-state index contributed by atoms with van der Waals surface area (Å²) in [6, 6.07) is 0. The Morgan fingerprint density at radius 2 is 1.86 bits per heavy atom. The molecular formula is C15H18O6. The summed E-state index contributed by atoms with van der Waals surface area (Å²) in [5.41, 5.74) is -0.299. The smallest absolute Gasteiger partial charge is 0.312 e. The number of ether oxygens (including phenoxy) is 4. The van der Waals surface area contributed by atoms with Crippen LogP contribution in [-0.2, 0) is 28.5 Å². The molecule has 2 bridgehead atoms. The van der Waals surface area contributed by atoms with Crippen LogP contribution in [0.1, 0.15) is 26.7 Å². The van der Waals surface area contributed by atoms with Gasteiger partial charge in [-0.3, -0.25) is 9.59 Å². The van der Waals surface area contributed by atoms with Crippen molar-refractivity contribution in [1.29, 1.82) is 0 Å². The first-order valence-electron chi connectivity index (χ1n) is 7.72. The van der Waals surface area contributed by atoms with Gasteiger partial charge in [0.15, 0.2) is 0 Å². The Morgan fingerprint density at radius 1 is 1.10 bits per heavy atom. The highest BCUT2D eigenvalue weighted by Crippen LogP contribution is 2.56. The Bertz CT molecular complexity index is 546. The lowest BCUT2D eigenvalue weighted by molar-refractivity contribution is -0.147. The highest BCUT2D eigenvalue weighted by molar-refractivity contribution is 5.78. The molecule has 4 saturated heterocycles. The summed E-state index contributed by atoms with van der Waals surface area (Å²) in [4.78, 5) is 24.1. The van der Waals surface area contributed by atoms with Gasteiger partial charge in [0.05, 0.1) is 17.4 Å². The predicted molar refractivity (Wildman–Crippen MR) is 67.1 cm³/mol. The molecule has 1 saturated carbocycles. The van der Waals surface area contributed by atoms with E-state index in [1.165, 1.54) is 0 Å². The van der Waals surface area contributed by atoms with E-state index in [0.717, 1.165) is 0 Å². The summed E-state index contributed by atoms with van der Waals surface area (Å²) >= 11 is 0. The second kappa shape index (κ2) is 3.60. The third kappa shape index (κ3) is 1.55. The molecule has 0 N–H and O–H groups in total. The lowest BCUT2D eigenvalue weighted by Crippen LogP contribution is -2.36. The normalized spacial score (nSPS) is 60.3. The third-order valence-corrected chi connectivity index (χ3v) is 5.94. The van der Waals surface area contributed by atoms with Crippen LogP contribution in [0.2, 0.25) is 0 Å². The Labute approximate surface area is 122 Å². The maximum absolute atomic E-state index is 12.1. The van der Waals surface area contributed by atoms with Gasteiger partial charge in [-0.15, -0.1) is 0 Å². The van der Waals surface area contributed by atoms with Crippen LogP contribution in [0.25, 0.3) is 0 Å². The van der Waals surface area contributed by atoms with E-state index < -0.39 is 0 Å². The quantitative estimate of drug-likeness (QED) is 0.476. The van der Waals surface area contributed by atoms with E-state index in [0.29, 0.717) is 12.8 Å². The molecule has 5 fully saturated rings. The zero-order valence-electron chi connectivity index (χ0n) is 12.0. The molecule has 5 aliphatic rings. The maximum atomic E-state index is 12.1. The first kappa shape index (κ1) is 12.4. The molecule has 9 unspecified atom stereocenters. The fourth-order valence-electron chi connectivity index (χ4n) is 4.63. The molecule has 4 aliphatic heterocycles. The standard InChI is InChI=1S/C15H18O6/c1-5-9-7-3-6(14(17)18-7)10-11(20-10)12-15(2,21-12)4-8(9)19-13(5)16/h5-12H,3-4H2,1-2H3. The van der Waals surface area contributed by atoms with Gasteiger partial charge in [0, 0.05) is 18.8 Å². The number of carbonyl (C=O) groups excluding carboxylic acids is 2. The lowest BCUT2D eigenvalue weighted by atomic mass is 9.78. The van der Waals surface area contributed by atoms with Crippen molar-refractivity contribution in [3.05, 3.63) is 0 Å². The molecule has 6 nitrogen and oxygen atoms in total. The van der Waals surface area contributed by atoms with Crippen molar-refractivity contribution in [3.63, 3.8) is 0 Å². The van der Waals surface area contributed by atoms with E-state index in [1.54, 1.807) is 0 Å². The maximum Gasteiger partial charge on any atom is 0.312 e. The van der Waals surface area contributed by atoms with Crippen molar-refractivity contribution >= 4 is 11.9 Å². The highest BCUT2D eigenvalue weighted by Gasteiger charge is 2.70. The van der Waals surface area contributed by atoms with Crippen LogP contribution in [0, 0.1) is 17.8 Å². The Balaban J connectivity index is 1.53. The van der Waals surface area contributed by atoms with Gasteiger partial charge in [0.25, 0.3) is 0 Å². The van der Waals surface area contributed by atoms with E-state index in [1.807, 2.05) is 13.8 Å². The van der Waals surface area contributed by atoms with E-state index in [-0.39, 0.29) is 65.8 Å². The number of hydrogen-bond donors (Lipinski definition) is 0. The predicted octanol–water partition coefficient (Wildman–Crippen LogP) is 0.424. The summed E-state index contributed by atoms with van der Waals surface area (Å²) in [5.74, 6) is -0.894. The number of epoxide rings is 2. The van der Waals surface area contributed by atoms with Crippen molar-refractivity contribution in [2.24, 2.45) is 17.8 Å². The molecule has 0 aromatic rings. The minimum Gasteiger partial charge on any atom is -0.462 e. The summed E-state index contributed by atoms with van der Waals surface area (Å²) in [6.07, 6.45) is 0.765. The van der Waals surface area contributed by atoms with Crippen molar-refractivity contribution < 1.29 is 28.5 Å². The minimum absolute atomic E-state index is 0.00243. The molecule has 0 aromatic carbocycles. The lowest BCUT2D eigenvalue weighted by Gasteiger charge is -2.25. The first-order chi connectivity index (χ1) is 9.98. The van der Waals surface area contributed by atoms with Gasteiger partial charge in [0.1, 0.15) is 30.5 Å². The van der Waals surface area contributed by atoms with Gasteiger partial charge in [-0.25, -0.2) is 0 Å². The number of fused-ring (bicyclic) bond motifs is 8. The van der Waals surface area contributed by atoms with E-state index in [9.17, 15) is 9.59 Å². The Hall–Kier alpha value is -1.14. The Kier molecular flexibility index (Phi) is 2.13. The van der Waals surface area contributed by atoms with Crippen molar-refractivity contribution in [1.82, 2.24) is 0 Å². The average molecular weight is 294 g/mol. The minimum atomic E-state index is -0.299. The van der Waals surface area contributed by atoms with Crippen molar-refractivity contribution in [2.45, 2.75) is 62.8 Å². The zero-order valence-corrected chi connectivity index (χ0v) is 12.0. The van der Waals surface area contributed by atoms with E-state index in [2.05, 4.69) is 0 Å². The van der Waals surface area contributed by atoms with E-state index >= 15 is 0 Å². The second-order valence-corrected chi connectivity index (χ2v) is 7.28. The van der Waals surface area contributed by atoms with Gasteiger partial charge in [-0.05, 0) is 6.92 Å². The summed E-state index contributed by atoms with van der Waals surface area (Å²) < 4.78 is 22.7. The van der Waals surface area contributed by atoms with Crippen LogP contribution in [0.3, 0.4) is 0 Å². The molecule has 0 spiro atoms. The number of carbonyl (C=O) groups is 2. The van der Waals surface area contributed by atoms with Crippen molar-refractivity contribution in [2.75, 3.05) is 0 Å². The van der Waals surface area contributed by atoms with Crippen LogP contribution in [0.4, 0.5) is 0 Å². The molecule has 4 heterocycles. The SMILES string of the molecule is CC1C(=O)OC2CC3(C)OC3C3OC3C3CC(OC3=O)C21. The molecular weight excluding hydrogens is 276 g/mol. The topological polar surface area (TPSA) is 77.7 Å². The average Bonchev–Trinajstić information content (AvgIpc) is 3.25. The zero-order chi connectivity index (χ0) is 14.5. The number of esters is 2. The van der Waals surface area contributed by atoms with Gasteiger partial charge in [0.2, 0.25) is 0 Å². The van der Waals surface area contributed by atoms with Crippen molar-refractivity contribution in [3.8, 4) is 0 Å². The van der Waals surface area contributed by atoms with Gasteiger partial charge in [-0.2, -0.15) is 0 Å². The first-order valence-corrected chi connectivity index (χ1v) is 7.72. The van der Waals surface area contributed by atoms with Crippen LogP contribution >= 0.6 is 0 Å². The largest absolute Gasteiger partial charge is 0.462 e. The molecule has 1 aliphatic carbocycles. The number of rotatable bonds is 0. The molecule has 0 aromatic heterocycles. The summed E-state index contributed by atoms with van der Waals surface area (Å²) in [6.45, 7) is 3.90. The third-order valence-electron chi connectivity index (χ3n) is 5.94. The van der Waals surface area contributed by atoms with Crippen LogP contribution in [-0.4, -0.2) is 48.1 Å². The molecule has 9 atom stereocenters. The van der Waals surface area contributed by atoms with Crippen LogP contribution in [0.15, 0.2) is 0 Å². The molecule has 5 rings (SSSR count). The molecule has 0 amide bonds. The fraction of sp³-hybridized carbons (Fsp3) is 0.867. The molecule has 21 heavy (non-hydrogen) atoms.